The molecule has 94 valence electrons. The Labute approximate surface area is 121 Å². The minimum atomic E-state index is -0.0718. The molecule has 0 atom stereocenters. The monoisotopic (exact) mass is 371 g/mol. The maximum Gasteiger partial charge on any atom is 0.165 e. The zero-order chi connectivity index (χ0) is 12.7. The first kappa shape index (κ1) is 12.3. The van der Waals surface area contributed by atoms with Crippen molar-refractivity contribution in [2.75, 3.05) is 0 Å². The molecule has 1 aliphatic carbocycles. The van der Waals surface area contributed by atoms with E-state index in [9.17, 15) is 5.11 Å². The van der Waals surface area contributed by atoms with Gasteiger partial charge >= 0.3 is 0 Å². The minimum Gasteiger partial charge on any atom is -0.388 e. The predicted octanol–water partition coefficient (Wildman–Crippen LogP) is 3.30. The van der Waals surface area contributed by atoms with Crippen LogP contribution in [-0.4, -0.2) is 19.9 Å². The van der Waals surface area contributed by atoms with E-state index in [0.717, 1.165) is 33.2 Å². The third-order valence-corrected chi connectivity index (χ3v) is 4.14. The molecule has 1 fully saturated rings. The summed E-state index contributed by atoms with van der Waals surface area (Å²) in [5.74, 6) is 1.46. The first-order valence-corrected chi connectivity index (χ1v) is 7.29. The summed E-state index contributed by atoms with van der Waals surface area (Å²) in [6.07, 6.45) is 2.26. The molecular formula is C12H11Br2N3O. The van der Waals surface area contributed by atoms with Gasteiger partial charge in [-0.05, 0) is 47.0 Å². The number of aliphatic hydroxyl groups excluding tert-OH is 1. The van der Waals surface area contributed by atoms with Crippen molar-refractivity contribution in [3.05, 3.63) is 33.0 Å². The Morgan fingerprint density at radius 1 is 1.28 bits per heavy atom. The van der Waals surface area contributed by atoms with Crippen LogP contribution in [0.4, 0.5) is 0 Å². The van der Waals surface area contributed by atoms with Gasteiger partial charge in [0.15, 0.2) is 11.6 Å². The first-order chi connectivity index (χ1) is 8.70. The Bertz CT molecular complexity index is 593. The van der Waals surface area contributed by atoms with Crippen LogP contribution in [0.5, 0.6) is 0 Å². The van der Waals surface area contributed by atoms with Gasteiger partial charge in [-0.3, -0.25) is 0 Å². The first-order valence-electron chi connectivity index (χ1n) is 5.70. The lowest BCUT2D eigenvalue weighted by atomic mass is 10.2. The van der Waals surface area contributed by atoms with Crippen LogP contribution in [0, 0.1) is 0 Å². The number of benzene rings is 1. The van der Waals surface area contributed by atoms with Crippen LogP contribution in [0.25, 0.3) is 11.4 Å². The third-order valence-electron chi connectivity index (χ3n) is 2.99. The highest BCUT2D eigenvalue weighted by atomic mass is 79.9. The molecule has 0 unspecified atom stereocenters. The molecule has 0 saturated heterocycles. The van der Waals surface area contributed by atoms with E-state index in [1.54, 1.807) is 0 Å². The standard InChI is InChI=1S/C12H11Br2N3O/c13-7-1-4-9(10(14)5-7)12-16-15-11(6-18)17(12)8-2-3-8/h1,4-5,8,18H,2-3,6H2. The van der Waals surface area contributed by atoms with Crippen molar-refractivity contribution in [3.8, 4) is 11.4 Å². The molecule has 0 bridgehead atoms. The van der Waals surface area contributed by atoms with E-state index in [-0.39, 0.29) is 6.61 Å². The molecule has 1 aromatic heterocycles. The molecule has 0 radical (unpaired) electrons. The van der Waals surface area contributed by atoms with E-state index >= 15 is 0 Å². The molecule has 1 heterocycles. The summed E-state index contributed by atoms with van der Waals surface area (Å²) < 4.78 is 4.03. The molecule has 0 amide bonds. The predicted molar refractivity (Wildman–Crippen MR) is 75.1 cm³/mol. The van der Waals surface area contributed by atoms with Crippen molar-refractivity contribution in [3.63, 3.8) is 0 Å². The van der Waals surface area contributed by atoms with Crippen molar-refractivity contribution in [2.24, 2.45) is 0 Å². The van der Waals surface area contributed by atoms with Crippen LogP contribution in [0.3, 0.4) is 0 Å². The lowest BCUT2D eigenvalue weighted by molar-refractivity contribution is 0.265. The Morgan fingerprint density at radius 3 is 2.67 bits per heavy atom. The molecule has 3 rings (SSSR count). The van der Waals surface area contributed by atoms with Gasteiger partial charge < -0.3 is 9.67 Å². The number of hydrogen-bond donors (Lipinski definition) is 1. The minimum absolute atomic E-state index is 0.0718. The second-order valence-electron chi connectivity index (χ2n) is 4.32. The zero-order valence-corrected chi connectivity index (χ0v) is 12.6. The van der Waals surface area contributed by atoms with Crippen molar-refractivity contribution in [1.29, 1.82) is 0 Å². The molecule has 18 heavy (non-hydrogen) atoms. The Hall–Kier alpha value is -0.720. The Kier molecular flexibility index (Phi) is 3.25. The van der Waals surface area contributed by atoms with E-state index in [1.165, 1.54) is 0 Å². The van der Waals surface area contributed by atoms with Crippen molar-refractivity contribution in [2.45, 2.75) is 25.5 Å². The summed E-state index contributed by atoms with van der Waals surface area (Å²) in [6.45, 7) is -0.0718. The van der Waals surface area contributed by atoms with E-state index in [4.69, 9.17) is 0 Å². The fraction of sp³-hybridized carbons (Fsp3) is 0.333. The van der Waals surface area contributed by atoms with Crippen LogP contribution in [0.2, 0.25) is 0 Å². The van der Waals surface area contributed by atoms with Gasteiger partial charge in [-0.15, -0.1) is 10.2 Å². The third kappa shape index (κ3) is 2.13. The van der Waals surface area contributed by atoms with E-state index in [1.807, 2.05) is 22.8 Å². The number of rotatable bonds is 3. The molecule has 0 spiro atoms. The SMILES string of the molecule is OCc1nnc(-c2ccc(Br)cc2Br)n1C1CC1. The number of hydrogen-bond acceptors (Lipinski definition) is 3. The second kappa shape index (κ2) is 4.75. The summed E-state index contributed by atoms with van der Waals surface area (Å²) in [6, 6.07) is 6.40. The normalized spacial score (nSPS) is 15.1. The fourth-order valence-electron chi connectivity index (χ4n) is 2.00. The smallest absolute Gasteiger partial charge is 0.165 e. The van der Waals surface area contributed by atoms with Gasteiger partial charge in [-0.2, -0.15) is 0 Å². The van der Waals surface area contributed by atoms with Crippen LogP contribution in [0.1, 0.15) is 24.7 Å². The van der Waals surface area contributed by atoms with Crippen molar-refractivity contribution in [1.82, 2.24) is 14.8 Å². The topological polar surface area (TPSA) is 50.9 Å². The summed E-state index contributed by atoms with van der Waals surface area (Å²) in [5.41, 5.74) is 0.998. The lowest BCUT2D eigenvalue weighted by Crippen LogP contribution is -2.03. The average molecular weight is 373 g/mol. The fourth-order valence-corrected chi connectivity index (χ4v) is 3.23. The number of aromatic nitrogens is 3. The molecule has 1 saturated carbocycles. The maximum absolute atomic E-state index is 9.33. The van der Waals surface area contributed by atoms with Gasteiger partial charge in [0.1, 0.15) is 6.61 Å². The maximum atomic E-state index is 9.33. The molecule has 6 heteroatoms. The van der Waals surface area contributed by atoms with Gasteiger partial charge in [-0.1, -0.05) is 15.9 Å². The zero-order valence-electron chi connectivity index (χ0n) is 9.48. The highest BCUT2D eigenvalue weighted by Crippen LogP contribution is 2.40. The van der Waals surface area contributed by atoms with Gasteiger partial charge in [0, 0.05) is 20.6 Å². The Morgan fingerprint density at radius 2 is 2.06 bits per heavy atom. The van der Waals surface area contributed by atoms with E-state index in [0.29, 0.717) is 11.9 Å². The summed E-state index contributed by atoms with van der Waals surface area (Å²) >= 11 is 6.98. The van der Waals surface area contributed by atoms with E-state index < -0.39 is 0 Å². The molecule has 1 aromatic carbocycles. The number of aliphatic hydroxyl groups is 1. The number of nitrogens with zero attached hydrogens (tertiary/aromatic N) is 3. The molecular weight excluding hydrogens is 362 g/mol. The van der Waals surface area contributed by atoms with Crippen LogP contribution in [0.15, 0.2) is 27.1 Å². The summed E-state index contributed by atoms with van der Waals surface area (Å²) in [4.78, 5) is 0. The van der Waals surface area contributed by atoms with Crippen LogP contribution >= 0.6 is 31.9 Å². The van der Waals surface area contributed by atoms with Crippen LogP contribution < -0.4 is 0 Å². The van der Waals surface area contributed by atoms with Crippen LogP contribution in [-0.2, 0) is 6.61 Å². The quantitative estimate of drug-likeness (QED) is 0.899. The Balaban J connectivity index is 2.13. The highest BCUT2D eigenvalue weighted by molar-refractivity contribution is 9.11. The largest absolute Gasteiger partial charge is 0.388 e. The number of halogens is 2. The van der Waals surface area contributed by atoms with E-state index in [2.05, 4.69) is 42.1 Å². The van der Waals surface area contributed by atoms with Gasteiger partial charge in [0.05, 0.1) is 0 Å². The average Bonchev–Trinajstić information content (AvgIpc) is 3.09. The molecule has 1 aliphatic rings. The molecule has 4 nitrogen and oxygen atoms in total. The highest BCUT2D eigenvalue weighted by Gasteiger charge is 2.30. The second-order valence-corrected chi connectivity index (χ2v) is 6.09. The molecule has 1 N–H and O–H groups in total. The summed E-state index contributed by atoms with van der Waals surface area (Å²) in [5, 5.41) is 17.6. The van der Waals surface area contributed by atoms with Crippen molar-refractivity contribution >= 4 is 31.9 Å². The van der Waals surface area contributed by atoms with Gasteiger partial charge in [-0.25, -0.2) is 0 Å². The molecule has 2 aromatic rings. The molecule has 0 aliphatic heterocycles. The van der Waals surface area contributed by atoms with Crippen molar-refractivity contribution < 1.29 is 5.11 Å². The van der Waals surface area contributed by atoms with Gasteiger partial charge in [0.25, 0.3) is 0 Å². The van der Waals surface area contributed by atoms with Gasteiger partial charge in [0.2, 0.25) is 0 Å². The summed E-state index contributed by atoms with van der Waals surface area (Å²) in [7, 11) is 0. The lowest BCUT2D eigenvalue weighted by Gasteiger charge is -2.09.